The molecule has 0 aliphatic carbocycles. The summed E-state index contributed by atoms with van der Waals surface area (Å²) in [5.74, 6) is 2.79. The van der Waals surface area contributed by atoms with Crippen LogP contribution in [0.2, 0.25) is 0 Å². The normalized spacial score (nSPS) is 18.2. The number of phenolic OH excluding ortho intramolecular Hbond substituents is 1. The number of benzene rings is 1. The Labute approximate surface area is 101 Å². The van der Waals surface area contributed by atoms with E-state index in [1.54, 1.807) is 12.1 Å². The molecule has 0 amide bonds. The van der Waals surface area contributed by atoms with E-state index in [2.05, 4.69) is 4.90 Å². The molecule has 1 fully saturated rings. The number of phenols is 1. The fourth-order valence-electron chi connectivity index (χ4n) is 1.93. The van der Waals surface area contributed by atoms with E-state index in [1.165, 1.54) is 17.9 Å². The van der Waals surface area contributed by atoms with Gasteiger partial charge < -0.3 is 10.8 Å². The lowest BCUT2D eigenvalue weighted by Crippen LogP contribution is -2.25. The maximum atomic E-state index is 9.75. The van der Waals surface area contributed by atoms with Crippen LogP contribution in [0.25, 0.3) is 0 Å². The van der Waals surface area contributed by atoms with E-state index in [1.807, 2.05) is 17.8 Å². The number of anilines is 1. The summed E-state index contributed by atoms with van der Waals surface area (Å²) in [5.41, 5.74) is 7.39. The van der Waals surface area contributed by atoms with E-state index in [4.69, 9.17) is 5.73 Å². The highest BCUT2D eigenvalue weighted by Crippen LogP contribution is 2.22. The molecule has 2 rings (SSSR count). The summed E-state index contributed by atoms with van der Waals surface area (Å²) < 4.78 is 0. The molecule has 3 nitrogen and oxygen atoms in total. The second-order valence-corrected chi connectivity index (χ2v) is 5.35. The van der Waals surface area contributed by atoms with Gasteiger partial charge in [-0.05, 0) is 36.9 Å². The molecule has 1 aliphatic rings. The first-order valence-electron chi connectivity index (χ1n) is 5.63. The molecule has 0 unspecified atom stereocenters. The lowest BCUT2D eigenvalue weighted by atomic mass is 10.1. The van der Waals surface area contributed by atoms with Crippen molar-refractivity contribution in [1.29, 1.82) is 0 Å². The number of hydrogen-bond acceptors (Lipinski definition) is 4. The fraction of sp³-hybridized carbons (Fsp3) is 0.500. The van der Waals surface area contributed by atoms with E-state index in [9.17, 15) is 5.11 Å². The lowest BCUT2D eigenvalue weighted by molar-refractivity contribution is 0.283. The van der Waals surface area contributed by atoms with Gasteiger partial charge in [-0.25, -0.2) is 0 Å². The molecule has 0 spiro atoms. The quantitative estimate of drug-likeness (QED) is 0.610. The van der Waals surface area contributed by atoms with Crippen molar-refractivity contribution < 1.29 is 5.11 Å². The third kappa shape index (κ3) is 3.06. The number of nitrogen functional groups attached to an aromatic ring is 1. The van der Waals surface area contributed by atoms with Gasteiger partial charge >= 0.3 is 0 Å². The smallest absolute Gasteiger partial charge is 0.120 e. The van der Waals surface area contributed by atoms with Crippen LogP contribution < -0.4 is 5.73 Å². The second-order valence-electron chi connectivity index (χ2n) is 4.13. The summed E-state index contributed by atoms with van der Waals surface area (Å²) >= 11 is 2.01. The van der Waals surface area contributed by atoms with Crippen molar-refractivity contribution in [3.63, 3.8) is 0 Å². The van der Waals surface area contributed by atoms with Crippen molar-refractivity contribution in [3.8, 4) is 5.75 Å². The number of rotatable bonds is 2. The molecule has 1 aromatic rings. The highest BCUT2D eigenvalue weighted by atomic mass is 32.2. The maximum Gasteiger partial charge on any atom is 0.120 e. The van der Waals surface area contributed by atoms with Crippen molar-refractivity contribution >= 4 is 17.4 Å². The van der Waals surface area contributed by atoms with E-state index in [-0.39, 0.29) is 0 Å². The van der Waals surface area contributed by atoms with Crippen LogP contribution in [0.15, 0.2) is 18.2 Å². The number of nitrogens with two attached hydrogens (primary N) is 1. The van der Waals surface area contributed by atoms with E-state index in [0.717, 1.165) is 30.9 Å². The third-order valence-electron chi connectivity index (χ3n) is 2.81. The zero-order valence-electron chi connectivity index (χ0n) is 9.35. The Kier molecular flexibility index (Phi) is 3.96. The van der Waals surface area contributed by atoms with Gasteiger partial charge in [0.15, 0.2) is 0 Å². The van der Waals surface area contributed by atoms with Crippen LogP contribution in [0, 0.1) is 0 Å². The molecule has 1 heterocycles. The first-order chi connectivity index (χ1) is 7.75. The van der Waals surface area contributed by atoms with Gasteiger partial charge in [0.05, 0.1) is 0 Å². The molecule has 0 atom stereocenters. The van der Waals surface area contributed by atoms with Crippen molar-refractivity contribution in [2.24, 2.45) is 0 Å². The Morgan fingerprint density at radius 3 is 3.06 bits per heavy atom. The van der Waals surface area contributed by atoms with Crippen LogP contribution in [0.3, 0.4) is 0 Å². The van der Waals surface area contributed by atoms with Crippen LogP contribution >= 0.6 is 11.8 Å². The molecule has 1 aliphatic heterocycles. The molecule has 0 radical (unpaired) electrons. The van der Waals surface area contributed by atoms with Gasteiger partial charge in [-0.15, -0.1) is 0 Å². The molecular weight excluding hydrogens is 220 g/mol. The zero-order valence-corrected chi connectivity index (χ0v) is 10.2. The standard InChI is InChI=1S/C12H18N2OS/c13-11-2-3-12(15)10(8-11)9-14-4-1-6-16-7-5-14/h2-3,8,15H,1,4-7,9,13H2. The van der Waals surface area contributed by atoms with Crippen LogP contribution in [0.5, 0.6) is 5.75 Å². The summed E-state index contributed by atoms with van der Waals surface area (Å²) in [5, 5.41) is 9.75. The van der Waals surface area contributed by atoms with Gasteiger partial charge in [-0.1, -0.05) is 0 Å². The molecular formula is C12H18N2OS. The Bertz CT molecular complexity index is 349. The van der Waals surface area contributed by atoms with Crippen LogP contribution in [-0.4, -0.2) is 34.6 Å². The highest BCUT2D eigenvalue weighted by Gasteiger charge is 2.11. The fourth-order valence-corrected chi connectivity index (χ4v) is 2.85. The van der Waals surface area contributed by atoms with Crippen LogP contribution in [0.4, 0.5) is 5.69 Å². The number of hydrogen-bond donors (Lipinski definition) is 2. The first kappa shape index (κ1) is 11.6. The summed E-state index contributed by atoms with van der Waals surface area (Å²) in [6, 6.07) is 5.28. The molecule has 0 saturated carbocycles. The first-order valence-corrected chi connectivity index (χ1v) is 6.78. The lowest BCUT2D eigenvalue weighted by Gasteiger charge is -2.20. The minimum atomic E-state index is 0.353. The summed E-state index contributed by atoms with van der Waals surface area (Å²) in [6.45, 7) is 3.01. The summed E-state index contributed by atoms with van der Waals surface area (Å²) in [7, 11) is 0. The SMILES string of the molecule is Nc1ccc(O)c(CN2CCCSCC2)c1. The summed E-state index contributed by atoms with van der Waals surface area (Å²) in [6.07, 6.45) is 1.23. The molecule has 1 aromatic carbocycles. The third-order valence-corrected chi connectivity index (χ3v) is 3.86. The monoisotopic (exact) mass is 238 g/mol. The van der Waals surface area contributed by atoms with E-state index < -0.39 is 0 Å². The molecule has 16 heavy (non-hydrogen) atoms. The average molecular weight is 238 g/mol. The highest BCUT2D eigenvalue weighted by molar-refractivity contribution is 7.99. The second kappa shape index (κ2) is 5.46. The minimum Gasteiger partial charge on any atom is -0.508 e. The largest absolute Gasteiger partial charge is 0.508 e. The molecule has 88 valence electrons. The van der Waals surface area contributed by atoms with E-state index >= 15 is 0 Å². The van der Waals surface area contributed by atoms with Crippen LogP contribution in [-0.2, 0) is 6.54 Å². The average Bonchev–Trinajstić information content (AvgIpc) is 2.52. The van der Waals surface area contributed by atoms with E-state index in [0.29, 0.717) is 5.75 Å². The Balaban J connectivity index is 2.04. The predicted molar refractivity (Wildman–Crippen MR) is 69.7 cm³/mol. The molecule has 1 saturated heterocycles. The Hall–Kier alpha value is -0.870. The van der Waals surface area contributed by atoms with Crippen molar-refractivity contribution in [3.05, 3.63) is 23.8 Å². The summed E-state index contributed by atoms with van der Waals surface area (Å²) in [4.78, 5) is 2.38. The predicted octanol–water partition coefficient (Wildman–Crippen LogP) is 1.91. The van der Waals surface area contributed by atoms with Gasteiger partial charge in [0.1, 0.15) is 5.75 Å². The number of nitrogens with zero attached hydrogens (tertiary/aromatic N) is 1. The molecule has 4 heteroatoms. The Morgan fingerprint density at radius 1 is 1.31 bits per heavy atom. The minimum absolute atomic E-state index is 0.353. The van der Waals surface area contributed by atoms with Crippen molar-refractivity contribution in [2.75, 3.05) is 30.3 Å². The maximum absolute atomic E-state index is 9.75. The molecule has 0 bridgehead atoms. The van der Waals surface area contributed by atoms with Gasteiger partial charge in [0, 0.05) is 30.1 Å². The van der Waals surface area contributed by atoms with Gasteiger partial charge in [-0.2, -0.15) is 11.8 Å². The molecule has 0 aromatic heterocycles. The van der Waals surface area contributed by atoms with Crippen molar-refractivity contribution in [1.82, 2.24) is 4.90 Å². The van der Waals surface area contributed by atoms with Gasteiger partial charge in [-0.3, -0.25) is 4.90 Å². The Morgan fingerprint density at radius 2 is 2.19 bits per heavy atom. The van der Waals surface area contributed by atoms with Crippen LogP contribution in [0.1, 0.15) is 12.0 Å². The topological polar surface area (TPSA) is 49.5 Å². The molecule has 3 N–H and O–H groups in total. The zero-order chi connectivity index (χ0) is 11.4. The van der Waals surface area contributed by atoms with Gasteiger partial charge in [0.25, 0.3) is 0 Å². The van der Waals surface area contributed by atoms with Gasteiger partial charge in [0.2, 0.25) is 0 Å². The number of aromatic hydroxyl groups is 1. The van der Waals surface area contributed by atoms with Crippen molar-refractivity contribution in [2.45, 2.75) is 13.0 Å². The number of thioether (sulfide) groups is 1.